The van der Waals surface area contributed by atoms with Gasteiger partial charge in [0.2, 0.25) is 5.91 Å². The lowest BCUT2D eigenvalue weighted by Crippen LogP contribution is -2.48. The summed E-state index contributed by atoms with van der Waals surface area (Å²) in [7, 11) is 0. The van der Waals surface area contributed by atoms with E-state index in [0.717, 1.165) is 0 Å². The van der Waals surface area contributed by atoms with Crippen LogP contribution in [0.4, 0.5) is 0 Å². The Labute approximate surface area is 84.3 Å². The van der Waals surface area contributed by atoms with Gasteiger partial charge in [-0.05, 0) is 5.41 Å². The number of carbonyl (C=O) groups excluding carboxylic acids is 1. The minimum atomic E-state index is -0.525. The van der Waals surface area contributed by atoms with E-state index in [1.807, 2.05) is 20.8 Å². The Kier molecular flexibility index (Phi) is 4.44. The lowest BCUT2D eigenvalue weighted by Gasteiger charge is -2.25. The second-order valence-electron chi connectivity index (χ2n) is 4.08. The van der Waals surface area contributed by atoms with Crippen LogP contribution in [0.3, 0.4) is 0 Å². The highest BCUT2D eigenvalue weighted by atomic mass is 35.5. The Morgan fingerprint density at radius 3 is 2.38 bits per heavy atom. The Morgan fingerprint density at radius 1 is 1.62 bits per heavy atom. The summed E-state index contributed by atoms with van der Waals surface area (Å²) in [4.78, 5) is 11.4. The predicted octanol–water partition coefficient (Wildman–Crippen LogP) is 1.23. The molecule has 0 aromatic rings. The van der Waals surface area contributed by atoms with Crippen LogP contribution in [0.1, 0.15) is 20.8 Å². The summed E-state index contributed by atoms with van der Waals surface area (Å²) in [5.74, 6) is -0.200. The van der Waals surface area contributed by atoms with Crippen LogP contribution in [0.5, 0.6) is 0 Å². The molecule has 0 aromatic carbocycles. The number of hydrogen-bond donors (Lipinski definition) is 2. The number of carbonyl (C=O) groups is 1. The maximum absolute atomic E-state index is 11.4. The highest BCUT2D eigenvalue weighted by molar-refractivity contribution is 6.29. The zero-order chi connectivity index (χ0) is 10.6. The van der Waals surface area contributed by atoms with Gasteiger partial charge in [0, 0.05) is 5.03 Å². The third kappa shape index (κ3) is 4.90. The fourth-order valence-electron chi connectivity index (χ4n) is 0.686. The van der Waals surface area contributed by atoms with Crippen LogP contribution in [-0.2, 0) is 4.79 Å². The molecule has 76 valence electrons. The summed E-state index contributed by atoms with van der Waals surface area (Å²) in [6, 6.07) is -0.525. The Hall–Kier alpha value is -0.540. The van der Waals surface area contributed by atoms with Gasteiger partial charge in [-0.15, -0.1) is 0 Å². The van der Waals surface area contributed by atoms with Crippen molar-refractivity contribution >= 4 is 17.5 Å². The van der Waals surface area contributed by atoms with Gasteiger partial charge in [-0.1, -0.05) is 39.0 Å². The molecular weight excluding hydrogens is 188 g/mol. The SMILES string of the molecule is C=C(Cl)CNC(=O)C(N)C(C)(C)C. The molecule has 0 aliphatic heterocycles. The quantitative estimate of drug-likeness (QED) is 0.727. The summed E-state index contributed by atoms with van der Waals surface area (Å²) in [6.07, 6.45) is 0. The van der Waals surface area contributed by atoms with E-state index in [9.17, 15) is 4.79 Å². The normalized spacial score (nSPS) is 13.6. The van der Waals surface area contributed by atoms with Crippen molar-refractivity contribution in [2.24, 2.45) is 11.1 Å². The molecular formula is C9H17ClN2O. The second kappa shape index (κ2) is 4.63. The molecule has 0 saturated heterocycles. The first kappa shape index (κ1) is 12.5. The van der Waals surface area contributed by atoms with Crippen LogP contribution in [0, 0.1) is 5.41 Å². The molecule has 0 fully saturated rings. The molecule has 1 amide bonds. The maximum atomic E-state index is 11.4. The topological polar surface area (TPSA) is 55.1 Å². The van der Waals surface area contributed by atoms with Crippen LogP contribution in [-0.4, -0.2) is 18.5 Å². The van der Waals surface area contributed by atoms with Crippen molar-refractivity contribution in [3.05, 3.63) is 11.6 Å². The van der Waals surface area contributed by atoms with E-state index in [4.69, 9.17) is 17.3 Å². The van der Waals surface area contributed by atoms with Crippen molar-refractivity contribution in [3.63, 3.8) is 0 Å². The number of nitrogens with one attached hydrogen (secondary N) is 1. The maximum Gasteiger partial charge on any atom is 0.237 e. The predicted molar refractivity (Wildman–Crippen MR) is 55.4 cm³/mol. The molecule has 0 aliphatic rings. The van der Waals surface area contributed by atoms with Crippen molar-refractivity contribution in [2.45, 2.75) is 26.8 Å². The minimum Gasteiger partial charge on any atom is -0.350 e. The molecule has 0 spiro atoms. The van der Waals surface area contributed by atoms with Crippen LogP contribution >= 0.6 is 11.6 Å². The molecule has 0 saturated carbocycles. The molecule has 0 radical (unpaired) electrons. The van der Waals surface area contributed by atoms with Gasteiger partial charge in [-0.25, -0.2) is 0 Å². The average molecular weight is 205 g/mol. The zero-order valence-electron chi connectivity index (χ0n) is 8.36. The molecule has 0 aromatic heterocycles. The highest BCUT2D eigenvalue weighted by Crippen LogP contribution is 2.17. The first-order valence-electron chi connectivity index (χ1n) is 4.11. The zero-order valence-corrected chi connectivity index (χ0v) is 9.11. The summed E-state index contributed by atoms with van der Waals surface area (Å²) >= 11 is 5.49. The first-order chi connectivity index (χ1) is 5.75. The smallest absolute Gasteiger partial charge is 0.237 e. The van der Waals surface area contributed by atoms with Gasteiger partial charge in [-0.2, -0.15) is 0 Å². The van der Waals surface area contributed by atoms with Gasteiger partial charge < -0.3 is 11.1 Å². The molecule has 0 bridgehead atoms. The number of halogens is 1. The second-order valence-corrected chi connectivity index (χ2v) is 4.61. The van der Waals surface area contributed by atoms with Crippen LogP contribution in [0.25, 0.3) is 0 Å². The first-order valence-corrected chi connectivity index (χ1v) is 4.49. The fourth-order valence-corrected chi connectivity index (χ4v) is 0.753. The Bertz CT molecular complexity index is 208. The summed E-state index contributed by atoms with van der Waals surface area (Å²) in [6.45, 7) is 9.45. The van der Waals surface area contributed by atoms with Crippen LogP contribution < -0.4 is 11.1 Å². The molecule has 0 rings (SSSR count). The van der Waals surface area contributed by atoms with Gasteiger partial charge in [0.25, 0.3) is 0 Å². The lowest BCUT2D eigenvalue weighted by atomic mass is 9.87. The van der Waals surface area contributed by atoms with E-state index in [1.54, 1.807) is 0 Å². The third-order valence-electron chi connectivity index (χ3n) is 1.67. The van der Waals surface area contributed by atoms with E-state index in [1.165, 1.54) is 0 Å². The van der Waals surface area contributed by atoms with Gasteiger partial charge in [-0.3, -0.25) is 4.79 Å². The monoisotopic (exact) mass is 204 g/mol. The van der Waals surface area contributed by atoms with E-state index in [0.29, 0.717) is 5.03 Å². The van der Waals surface area contributed by atoms with Crippen LogP contribution in [0.2, 0.25) is 0 Å². The van der Waals surface area contributed by atoms with Crippen molar-refractivity contribution in [1.82, 2.24) is 5.32 Å². The van der Waals surface area contributed by atoms with E-state index in [2.05, 4.69) is 11.9 Å². The molecule has 1 atom stereocenters. The standard InChI is InChI=1S/C9H17ClN2O/c1-6(10)5-12-8(13)7(11)9(2,3)4/h7H,1,5,11H2,2-4H3,(H,12,13). The van der Waals surface area contributed by atoms with E-state index in [-0.39, 0.29) is 17.9 Å². The molecule has 1 unspecified atom stereocenters. The molecule has 0 aliphatic carbocycles. The van der Waals surface area contributed by atoms with E-state index < -0.39 is 6.04 Å². The summed E-state index contributed by atoms with van der Waals surface area (Å²) in [5, 5.41) is 2.99. The Balaban J connectivity index is 4.05. The molecule has 0 heterocycles. The van der Waals surface area contributed by atoms with Gasteiger partial charge >= 0.3 is 0 Å². The Morgan fingerprint density at radius 2 is 2.08 bits per heavy atom. The molecule has 3 nitrogen and oxygen atoms in total. The van der Waals surface area contributed by atoms with Gasteiger partial charge in [0.05, 0.1) is 12.6 Å². The van der Waals surface area contributed by atoms with Gasteiger partial charge in [0.15, 0.2) is 0 Å². The largest absolute Gasteiger partial charge is 0.350 e. The lowest BCUT2D eigenvalue weighted by molar-refractivity contribution is -0.124. The van der Waals surface area contributed by atoms with Crippen molar-refractivity contribution in [3.8, 4) is 0 Å². The molecule has 3 N–H and O–H groups in total. The molecule has 4 heteroatoms. The minimum absolute atomic E-state index is 0.200. The number of rotatable bonds is 3. The molecule has 13 heavy (non-hydrogen) atoms. The number of hydrogen-bond acceptors (Lipinski definition) is 2. The van der Waals surface area contributed by atoms with E-state index >= 15 is 0 Å². The van der Waals surface area contributed by atoms with Crippen molar-refractivity contribution < 1.29 is 4.79 Å². The van der Waals surface area contributed by atoms with Crippen molar-refractivity contribution in [1.29, 1.82) is 0 Å². The fraction of sp³-hybridized carbons (Fsp3) is 0.667. The average Bonchev–Trinajstić information content (AvgIpc) is 1.96. The number of amides is 1. The van der Waals surface area contributed by atoms with Gasteiger partial charge in [0.1, 0.15) is 0 Å². The summed E-state index contributed by atoms with van der Waals surface area (Å²) in [5.41, 5.74) is 5.46. The van der Waals surface area contributed by atoms with Crippen LogP contribution in [0.15, 0.2) is 11.6 Å². The van der Waals surface area contributed by atoms with Crippen molar-refractivity contribution in [2.75, 3.05) is 6.54 Å². The third-order valence-corrected chi connectivity index (χ3v) is 1.80. The highest BCUT2D eigenvalue weighted by Gasteiger charge is 2.26. The number of nitrogens with two attached hydrogens (primary N) is 1. The summed E-state index contributed by atoms with van der Waals surface area (Å²) < 4.78 is 0.